The average molecular weight is 229 g/mol. The lowest BCUT2D eigenvalue weighted by atomic mass is 10.1. The van der Waals surface area contributed by atoms with Gasteiger partial charge in [0.05, 0.1) is 13.0 Å². The third-order valence-electron chi connectivity index (χ3n) is 2.43. The molecule has 0 spiro atoms. The molecule has 0 saturated heterocycles. The molecule has 1 heterocycles. The summed E-state index contributed by atoms with van der Waals surface area (Å²) in [7, 11) is 0. The molecule has 4 nitrogen and oxygen atoms in total. The average Bonchev–Trinajstić information content (AvgIpc) is 2.83. The number of carbonyl (C=O) groups is 1. The molecule has 1 amide bonds. The molecule has 1 aromatic heterocycles. The number of carbonyl (C=O) groups excluding carboxylic acids is 1. The first-order valence-corrected chi connectivity index (χ1v) is 5.62. The smallest absolute Gasteiger partial charge is 0.224 e. The number of rotatable bonds is 5. The fraction of sp³-hybridized carbons (Fsp3) is 0.231. The van der Waals surface area contributed by atoms with Crippen LogP contribution in [0.5, 0.6) is 0 Å². The van der Waals surface area contributed by atoms with Crippen LogP contribution < -0.4 is 5.32 Å². The first kappa shape index (κ1) is 11.4. The number of hydrogen-bond donors (Lipinski definition) is 1. The van der Waals surface area contributed by atoms with Gasteiger partial charge in [-0.2, -0.15) is 5.10 Å². The lowest BCUT2D eigenvalue weighted by molar-refractivity contribution is -0.120. The van der Waals surface area contributed by atoms with Gasteiger partial charge in [0.1, 0.15) is 0 Å². The summed E-state index contributed by atoms with van der Waals surface area (Å²) in [4.78, 5) is 11.6. The van der Waals surface area contributed by atoms with E-state index in [1.54, 1.807) is 10.9 Å². The molecule has 0 saturated carbocycles. The van der Waals surface area contributed by atoms with E-state index in [9.17, 15) is 4.79 Å². The highest BCUT2D eigenvalue weighted by Crippen LogP contribution is 1.98. The summed E-state index contributed by atoms with van der Waals surface area (Å²) in [6.07, 6.45) is 4.04. The Morgan fingerprint density at radius 1 is 1.24 bits per heavy atom. The normalized spacial score (nSPS) is 10.1. The molecule has 2 aromatic rings. The Hall–Kier alpha value is -2.10. The monoisotopic (exact) mass is 229 g/mol. The molecular formula is C13H15N3O. The van der Waals surface area contributed by atoms with E-state index in [4.69, 9.17) is 0 Å². The summed E-state index contributed by atoms with van der Waals surface area (Å²) in [5.74, 6) is 0.0448. The van der Waals surface area contributed by atoms with Crippen LogP contribution in [0.25, 0.3) is 0 Å². The van der Waals surface area contributed by atoms with Gasteiger partial charge < -0.3 is 5.32 Å². The Kier molecular flexibility index (Phi) is 3.91. The summed E-state index contributed by atoms with van der Waals surface area (Å²) in [6.45, 7) is 1.31. The Bertz CT molecular complexity index is 451. The van der Waals surface area contributed by atoms with Crippen molar-refractivity contribution < 1.29 is 4.79 Å². The number of hydrogen-bond acceptors (Lipinski definition) is 2. The van der Waals surface area contributed by atoms with Crippen LogP contribution in [0.3, 0.4) is 0 Å². The molecule has 88 valence electrons. The predicted octanol–water partition coefficient (Wildman–Crippen LogP) is 1.24. The predicted molar refractivity (Wildman–Crippen MR) is 65.4 cm³/mol. The van der Waals surface area contributed by atoms with Crippen LogP contribution in [0, 0.1) is 0 Å². The van der Waals surface area contributed by atoms with Crippen molar-refractivity contribution >= 4 is 5.91 Å². The second-order valence-electron chi connectivity index (χ2n) is 3.78. The molecule has 2 rings (SSSR count). The number of aromatic nitrogens is 2. The van der Waals surface area contributed by atoms with Gasteiger partial charge in [-0.3, -0.25) is 9.48 Å². The van der Waals surface area contributed by atoms with E-state index in [2.05, 4.69) is 10.4 Å². The first-order valence-electron chi connectivity index (χ1n) is 5.62. The van der Waals surface area contributed by atoms with Gasteiger partial charge in [-0.15, -0.1) is 0 Å². The molecule has 0 radical (unpaired) electrons. The molecule has 1 N–H and O–H groups in total. The van der Waals surface area contributed by atoms with Gasteiger partial charge in [0, 0.05) is 18.9 Å². The molecule has 0 unspecified atom stereocenters. The van der Waals surface area contributed by atoms with E-state index in [0.717, 1.165) is 5.56 Å². The molecule has 0 atom stereocenters. The molecule has 0 aliphatic carbocycles. The third-order valence-corrected chi connectivity index (χ3v) is 2.43. The van der Waals surface area contributed by atoms with Crippen LogP contribution in [0.2, 0.25) is 0 Å². The van der Waals surface area contributed by atoms with E-state index in [0.29, 0.717) is 19.5 Å². The second kappa shape index (κ2) is 5.84. The largest absolute Gasteiger partial charge is 0.354 e. The van der Waals surface area contributed by atoms with Gasteiger partial charge >= 0.3 is 0 Å². The highest BCUT2D eigenvalue weighted by molar-refractivity contribution is 5.78. The summed E-state index contributed by atoms with van der Waals surface area (Å²) in [5, 5.41) is 6.93. The standard InChI is InChI=1S/C13H15N3O/c17-13(11-12-5-2-1-3-6-12)14-8-10-16-9-4-7-15-16/h1-7,9H,8,10-11H2,(H,14,17). The Morgan fingerprint density at radius 3 is 2.76 bits per heavy atom. The van der Waals surface area contributed by atoms with Crippen molar-refractivity contribution in [2.45, 2.75) is 13.0 Å². The maximum absolute atomic E-state index is 11.6. The van der Waals surface area contributed by atoms with Gasteiger partial charge in [-0.1, -0.05) is 30.3 Å². The highest BCUT2D eigenvalue weighted by atomic mass is 16.1. The zero-order valence-electron chi connectivity index (χ0n) is 9.54. The van der Waals surface area contributed by atoms with E-state index in [-0.39, 0.29) is 5.91 Å². The fourth-order valence-electron chi connectivity index (χ4n) is 1.59. The summed E-state index contributed by atoms with van der Waals surface area (Å²) in [5.41, 5.74) is 1.03. The van der Waals surface area contributed by atoms with Crippen LogP contribution in [-0.2, 0) is 17.8 Å². The third kappa shape index (κ3) is 3.75. The maximum atomic E-state index is 11.6. The van der Waals surface area contributed by atoms with Crippen LogP contribution in [0.1, 0.15) is 5.56 Å². The van der Waals surface area contributed by atoms with E-state index >= 15 is 0 Å². The van der Waals surface area contributed by atoms with Crippen molar-refractivity contribution in [3.63, 3.8) is 0 Å². The van der Waals surface area contributed by atoms with Crippen LogP contribution in [-0.4, -0.2) is 22.2 Å². The fourth-order valence-corrected chi connectivity index (χ4v) is 1.59. The summed E-state index contributed by atoms with van der Waals surface area (Å²) in [6, 6.07) is 11.6. The number of benzene rings is 1. The lowest BCUT2D eigenvalue weighted by Crippen LogP contribution is -2.28. The zero-order valence-corrected chi connectivity index (χ0v) is 9.54. The first-order chi connectivity index (χ1) is 8.34. The van der Waals surface area contributed by atoms with Crippen molar-refractivity contribution in [1.82, 2.24) is 15.1 Å². The Morgan fingerprint density at radius 2 is 2.06 bits per heavy atom. The van der Waals surface area contributed by atoms with Gasteiger partial charge in [0.25, 0.3) is 0 Å². The molecular weight excluding hydrogens is 214 g/mol. The van der Waals surface area contributed by atoms with Crippen LogP contribution >= 0.6 is 0 Å². The molecule has 1 aromatic carbocycles. The number of nitrogens with zero attached hydrogens (tertiary/aromatic N) is 2. The minimum Gasteiger partial charge on any atom is -0.354 e. The van der Waals surface area contributed by atoms with E-state index in [1.807, 2.05) is 42.6 Å². The lowest BCUT2D eigenvalue weighted by Gasteiger charge is -2.05. The minimum atomic E-state index is 0.0448. The van der Waals surface area contributed by atoms with Gasteiger partial charge in [0.2, 0.25) is 5.91 Å². The van der Waals surface area contributed by atoms with Gasteiger partial charge in [-0.25, -0.2) is 0 Å². The summed E-state index contributed by atoms with van der Waals surface area (Å²) < 4.78 is 1.79. The van der Waals surface area contributed by atoms with Crippen molar-refractivity contribution in [3.8, 4) is 0 Å². The summed E-state index contributed by atoms with van der Waals surface area (Å²) >= 11 is 0. The number of amides is 1. The Labute approximate surface area is 100 Å². The van der Waals surface area contributed by atoms with Crippen molar-refractivity contribution in [2.75, 3.05) is 6.54 Å². The number of nitrogens with one attached hydrogen (secondary N) is 1. The topological polar surface area (TPSA) is 46.9 Å². The van der Waals surface area contributed by atoms with Crippen molar-refractivity contribution in [3.05, 3.63) is 54.4 Å². The van der Waals surface area contributed by atoms with E-state index < -0.39 is 0 Å². The second-order valence-corrected chi connectivity index (χ2v) is 3.78. The molecule has 0 aliphatic heterocycles. The zero-order chi connectivity index (χ0) is 11.9. The molecule has 4 heteroatoms. The minimum absolute atomic E-state index is 0.0448. The molecule has 0 aliphatic rings. The maximum Gasteiger partial charge on any atom is 0.224 e. The SMILES string of the molecule is O=C(Cc1ccccc1)NCCn1cccn1. The van der Waals surface area contributed by atoms with Gasteiger partial charge in [-0.05, 0) is 11.6 Å². The van der Waals surface area contributed by atoms with Crippen molar-refractivity contribution in [1.29, 1.82) is 0 Å². The van der Waals surface area contributed by atoms with Gasteiger partial charge in [0.15, 0.2) is 0 Å². The molecule has 0 fully saturated rings. The van der Waals surface area contributed by atoms with Crippen LogP contribution in [0.15, 0.2) is 48.8 Å². The highest BCUT2D eigenvalue weighted by Gasteiger charge is 2.01. The van der Waals surface area contributed by atoms with E-state index in [1.165, 1.54) is 0 Å². The van der Waals surface area contributed by atoms with Crippen molar-refractivity contribution in [2.24, 2.45) is 0 Å². The molecule has 0 bridgehead atoms. The molecule has 17 heavy (non-hydrogen) atoms. The van der Waals surface area contributed by atoms with Crippen LogP contribution in [0.4, 0.5) is 0 Å². The Balaban J connectivity index is 1.71. The quantitative estimate of drug-likeness (QED) is 0.838.